The molecule has 0 fully saturated rings. The predicted molar refractivity (Wildman–Crippen MR) is 135 cm³/mol. The number of aromatic nitrogens is 2. The number of amides is 1. The SMILES string of the molecule is Cc1c(NS(=O)(=O)c2ccc(C(=O)N(C)Cc3ccccc3)cc2)c(=O)n(-c2ccccc2)n1C. The monoisotopic (exact) mass is 490 g/mol. The molecule has 0 spiro atoms. The Balaban J connectivity index is 1.55. The summed E-state index contributed by atoms with van der Waals surface area (Å²) in [6.45, 7) is 2.10. The van der Waals surface area contributed by atoms with Crippen molar-refractivity contribution in [2.75, 3.05) is 11.8 Å². The molecule has 4 rings (SSSR count). The van der Waals surface area contributed by atoms with E-state index in [2.05, 4.69) is 4.72 Å². The first-order valence-corrected chi connectivity index (χ1v) is 12.4. The van der Waals surface area contributed by atoms with Gasteiger partial charge in [-0.25, -0.2) is 13.1 Å². The van der Waals surface area contributed by atoms with Crippen LogP contribution < -0.4 is 10.3 Å². The van der Waals surface area contributed by atoms with E-state index in [1.807, 2.05) is 36.4 Å². The summed E-state index contributed by atoms with van der Waals surface area (Å²) in [5, 5.41) is 0. The summed E-state index contributed by atoms with van der Waals surface area (Å²) < 4.78 is 31.5. The zero-order chi connectivity index (χ0) is 25.2. The van der Waals surface area contributed by atoms with E-state index in [0.717, 1.165) is 5.56 Å². The maximum Gasteiger partial charge on any atom is 0.296 e. The van der Waals surface area contributed by atoms with E-state index in [-0.39, 0.29) is 16.5 Å². The first-order valence-electron chi connectivity index (χ1n) is 11.0. The molecule has 0 unspecified atom stereocenters. The second-order valence-corrected chi connectivity index (χ2v) is 9.90. The standard InChI is InChI=1S/C26H26N4O4S/c1-19-24(26(32)30(29(19)3)22-12-8-5-9-13-22)27-35(33,34)23-16-14-21(15-17-23)25(31)28(2)18-20-10-6-4-7-11-20/h4-17,27H,18H2,1-3H3. The van der Waals surface area contributed by atoms with Crippen LogP contribution >= 0.6 is 0 Å². The van der Waals surface area contributed by atoms with Crippen LogP contribution in [0.25, 0.3) is 5.69 Å². The molecule has 0 aliphatic heterocycles. The molecule has 0 radical (unpaired) electrons. The first kappa shape index (κ1) is 24.0. The van der Waals surface area contributed by atoms with Gasteiger partial charge in [0.1, 0.15) is 5.69 Å². The van der Waals surface area contributed by atoms with Gasteiger partial charge in [0.2, 0.25) is 0 Å². The fraction of sp³-hybridized carbons (Fsp3) is 0.154. The van der Waals surface area contributed by atoms with Gasteiger partial charge in [0.25, 0.3) is 21.5 Å². The second kappa shape index (κ2) is 9.63. The number of carbonyl (C=O) groups is 1. The topological polar surface area (TPSA) is 93.4 Å². The number of sulfonamides is 1. The lowest BCUT2D eigenvalue weighted by atomic mass is 10.1. The smallest absolute Gasteiger partial charge is 0.296 e. The van der Waals surface area contributed by atoms with E-state index in [0.29, 0.717) is 23.5 Å². The highest BCUT2D eigenvalue weighted by molar-refractivity contribution is 7.92. The second-order valence-electron chi connectivity index (χ2n) is 8.21. The van der Waals surface area contributed by atoms with Gasteiger partial charge in [-0.2, -0.15) is 0 Å². The molecule has 4 aromatic rings. The van der Waals surface area contributed by atoms with Crippen LogP contribution in [-0.2, 0) is 23.6 Å². The third-order valence-corrected chi connectivity index (χ3v) is 7.18. The molecular weight excluding hydrogens is 464 g/mol. The van der Waals surface area contributed by atoms with E-state index in [1.165, 1.54) is 28.9 Å². The van der Waals surface area contributed by atoms with Crippen molar-refractivity contribution >= 4 is 21.6 Å². The first-order chi connectivity index (χ1) is 16.7. The molecule has 1 aromatic heterocycles. The Morgan fingerprint density at radius 1 is 0.914 bits per heavy atom. The van der Waals surface area contributed by atoms with Crippen LogP contribution in [0.5, 0.6) is 0 Å². The van der Waals surface area contributed by atoms with Gasteiger partial charge in [-0.1, -0.05) is 48.5 Å². The van der Waals surface area contributed by atoms with Crippen LogP contribution in [0.1, 0.15) is 21.6 Å². The average Bonchev–Trinajstić information content (AvgIpc) is 3.07. The minimum Gasteiger partial charge on any atom is -0.337 e. The van der Waals surface area contributed by atoms with Crippen molar-refractivity contribution in [2.24, 2.45) is 7.05 Å². The zero-order valence-electron chi connectivity index (χ0n) is 19.7. The van der Waals surface area contributed by atoms with Crippen molar-refractivity contribution in [1.82, 2.24) is 14.3 Å². The lowest BCUT2D eigenvalue weighted by Gasteiger charge is -2.17. The van der Waals surface area contributed by atoms with E-state index >= 15 is 0 Å². The number of nitrogens with one attached hydrogen (secondary N) is 1. The molecule has 0 saturated heterocycles. The number of rotatable bonds is 7. The third-order valence-electron chi connectivity index (χ3n) is 5.81. The minimum atomic E-state index is -4.06. The highest BCUT2D eigenvalue weighted by Crippen LogP contribution is 2.20. The molecule has 3 aromatic carbocycles. The van der Waals surface area contributed by atoms with Crippen LogP contribution in [0, 0.1) is 6.92 Å². The Bertz CT molecular complexity index is 1510. The van der Waals surface area contributed by atoms with Crippen LogP contribution in [0.3, 0.4) is 0 Å². The van der Waals surface area contributed by atoms with Crippen molar-refractivity contribution in [3.63, 3.8) is 0 Å². The zero-order valence-corrected chi connectivity index (χ0v) is 20.5. The molecule has 0 bridgehead atoms. The molecule has 1 heterocycles. The third kappa shape index (κ3) is 4.90. The molecule has 1 N–H and O–H groups in total. The van der Waals surface area contributed by atoms with Crippen LogP contribution in [0.15, 0.2) is 94.6 Å². The molecular formula is C26H26N4O4S. The van der Waals surface area contributed by atoms with Crippen molar-refractivity contribution < 1.29 is 13.2 Å². The number of hydrogen-bond acceptors (Lipinski definition) is 4. The summed E-state index contributed by atoms with van der Waals surface area (Å²) in [6, 6.07) is 24.2. The predicted octanol–water partition coefficient (Wildman–Crippen LogP) is 3.56. The summed E-state index contributed by atoms with van der Waals surface area (Å²) in [5.41, 5.74) is 1.94. The Hall–Kier alpha value is -4.11. The van der Waals surface area contributed by atoms with Crippen LogP contribution in [0.4, 0.5) is 5.69 Å². The lowest BCUT2D eigenvalue weighted by Crippen LogP contribution is -2.26. The summed E-state index contributed by atoms with van der Waals surface area (Å²) in [4.78, 5) is 27.4. The fourth-order valence-electron chi connectivity index (χ4n) is 3.81. The maximum absolute atomic E-state index is 13.1. The van der Waals surface area contributed by atoms with Crippen LogP contribution in [-0.4, -0.2) is 35.6 Å². The Kier molecular flexibility index (Phi) is 6.61. The lowest BCUT2D eigenvalue weighted by molar-refractivity contribution is 0.0785. The quantitative estimate of drug-likeness (QED) is 0.429. The Morgan fingerprint density at radius 2 is 1.49 bits per heavy atom. The van der Waals surface area contributed by atoms with Gasteiger partial charge < -0.3 is 4.90 Å². The molecule has 8 nitrogen and oxygen atoms in total. The van der Waals surface area contributed by atoms with Gasteiger partial charge in [-0.05, 0) is 48.9 Å². The average molecular weight is 491 g/mol. The molecule has 0 aliphatic carbocycles. The van der Waals surface area contributed by atoms with Crippen molar-refractivity contribution in [1.29, 1.82) is 0 Å². The highest BCUT2D eigenvalue weighted by Gasteiger charge is 2.23. The molecule has 1 amide bonds. The van der Waals surface area contributed by atoms with E-state index < -0.39 is 15.6 Å². The van der Waals surface area contributed by atoms with E-state index in [4.69, 9.17) is 0 Å². The van der Waals surface area contributed by atoms with Crippen LogP contribution in [0.2, 0.25) is 0 Å². The Labute approximate surface area is 204 Å². The number of hydrogen-bond donors (Lipinski definition) is 1. The molecule has 0 atom stereocenters. The number of para-hydroxylation sites is 1. The van der Waals surface area contributed by atoms with Crippen molar-refractivity contribution in [3.05, 3.63) is 112 Å². The van der Waals surface area contributed by atoms with E-state index in [9.17, 15) is 18.0 Å². The van der Waals surface area contributed by atoms with Gasteiger partial charge in [0.05, 0.1) is 16.3 Å². The van der Waals surface area contributed by atoms with Crippen molar-refractivity contribution in [3.8, 4) is 5.69 Å². The normalized spacial score (nSPS) is 11.3. The Morgan fingerprint density at radius 3 is 2.09 bits per heavy atom. The van der Waals surface area contributed by atoms with Crippen molar-refractivity contribution in [2.45, 2.75) is 18.4 Å². The minimum absolute atomic E-state index is 0.0286. The highest BCUT2D eigenvalue weighted by atomic mass is 32.2. The van der Waals surface area contributed by atoms with E-state index in [1.54, 1.807) is 54.9 Å². The van der Waals surface area contributed by atoms with Gasteiger partial charge in [0.15, 0.2) is 0 Å². The van der Waals surface area contributed by atoms with Gasteiger partial charge in [-0.3, -0.25) is 19.0 Å². The molecule has 35 heavy (non-hydrogen) atoms. The molecule has 9 heteroatoms. The van der Waals surface area contributed by atoms with Gasteiger partial charge in [-0.15, -0.1) is 0 Å². The number of nitrogens with zero attached hydrogens (tertiary/aromatic N) is 3. The number of anilines is 1. The molecule has 0 saturated carbocycles. The fourth-order valence-corrected chi connectivity index (χ4v) is 4.92. The molecule has 0 aliphatic rings. The summed E-state index contributed by atoms with van der Waals surface area (Å²) in [6.07, 6.45) is 0. The molecule has 180 valence electrons. The number of benzene rings is 3. The maximum atomic E-state index is 13.1. The summed E-state index contributed by atoms with van der Waals surface area (Å²) >= 11 is 0. The van der Waals surface area contributed by atoms with Gasteiger partial charge in [0, 0.05) is 26.2 Å². The summed E-state index contributed by atoms with van der Waals surface area (Å²) in [5.74, 6) is -0.226. The number of carbonyl (C=O) groups excluding carboxylic acids is 1. The largest absolute Gasteiger partial charge is 0.337 e. The van der Waals surface area contributed by atoms with Gasteiger partial charge >= 0.3 is 0 Å². The summed E-state index contributed by atoms with van der Waals surface area (Å²) in [7, 11) is -0.676.